The number of aliphatic carboxylic acids is 1. The Morgan fingerprint density at radius 3 is 1.54 bits per heavy atom. The molecule has 0 unspecified atom stereocenters. The van der Waals surface area contributed by atoms with Crippen LogP contribution < -0.4 is 36.9 Å². The molecule has 6 heterocycles. The first-order chi connectivity index (χ1) is 33.3. The van der Waals surface area contributed by atoms with Crippen molar-refractivity contribution in [3.63, 3.8) is 0 Å². The lowest BCUT2D eigenvalue weighted by Crippen LogP contribution is -2.48. The number of ether oxygens (including phenoxy) is 4. The standard InChI is InChI=1S/C23H29FN6O4.C17H20FN5O2.C6H11NO3/c1-33-19-3-2-15(24)12-17(19)21(32)18-13-26-23(28-22(18)25)27-16-4-6-30(7-5-16)20(31)14-29-8-10-34-11-9-29;1-25-14-3-2-10(18)8-12(14)15(24)13-9-21-17(23-16(13)19)22-11-4-6-20-7-5-11;8-6(9)5-7-1-3-10-4-2-7/h2-3,12-13,16H,4-11,14H2,1H3,(H3,25,26,27,28);2-3,8-9,11,20H,4-7H2,1H3,(H3,19,21,22,23);1-5H2,(H,8,9). The molecule has 0 bridgehead atoms. The molecule has 4 aliphatic rings. The molecule has 2 aromatic carbocycles. The van der Waals surface area contributed by atoms with E-state index in [9.17, 15) is 28.0 Å². The molecule has 23 heteroatoms. The maximum atomic E-state index is 13.7. The van der Waals surface area contributed by atoms with Crippen molar-refractivity contribution in [2.75, 3.05) is 128 Å². The molecular weight excluding hydrogens is 903 g/mol. The van der Waals surface area contributed by atoms with Crippen molar-refractivity contribution in [1.29, 1.82) is 0 Å². The van der Waals surface area contributed by atoms with Crippen LogP contribution in [0.5, 0.6) is 11.5 Å². The van der Waals surface area contributed by atoms with E-state index in [1.54, 1.807) is 0 Å². The second kappa shape index (κ2) is 25.6. The lowest BCUT2D eigenvalue weighted by atomic mass is 10.0. The summed E-state index contributed by atoms with van der Waals surface area (Å²) in [5, 5.41) is 18.1. The number of morpholine rings is 2. The second-order valence-corrected chi connectivity index (χ2v) is 16.5. The largest absolute Gasteiger partial charge is 0.496 e. The predicted octanol–water partition coefficient (Wildman–Crippen LogP) is 2.18. The van der Waals surface area contributed by atoms with Gasteiger partial charge in [0, 0.05) is 63.7 Å². The number of piperidine rings is 2. The number of nitrogens with one attached hydrogen (secondary N) is 3. The van der Waals surface area contributed by atoms with E-state index in [2.05, 4.69) is 40.8 Å². The van der Waals surface area contributed by atoms with Gasteiger partial charge in [-0.05, 0) is 75.2 Å². The number of carboxylic acid groups (broad SMARTS) is 1. The summed E-state index contributed by atoms with van der Waals surface area (Å²) in [6.45, 7) is 9.44. The third-order valence-electron chi connectivity index (χ3n) is 11.7. The summed E-state index contributed by atoms with van der Waals surface area (Å²) in [4.78, 5) is 71.0. The second-order valence-electron chi connectivity index (χ2n) is 16.5. The van der Waals surface area contributed by atoms with E-state index in [1.807, 2.05) is 9.80 Å². The lowest BCUT2D eigenvalue weighted by Gasteiger charge is -2.34. The SMILES string of the molecule is COc1ccc(F)cc1C(=O)c1cnc(NC2CCN(C(=O)CN3CCOCC3)CC2)nc1N.COc1ccc(F)cc1C(=O)c1cnc(NC2CCNCC2)nc1N.O=C(O)CN1CCOCC1. The summed E-state index contributed by atoms with van der Waals surface area (Å²) in [6, 6.07) is 7.77. The number of methoxy groups -OCH3 is 2. The van der Waals surface area contributed by atoms with Gasteiger partial charge in [0.1, 0.15) is 34.8 Å². The Hall–Kier alpha value is -6.66. The first-order valence-corrected chi connectivity index (χ1v) is 22.7. The van der Waals surface area contributed by atoms with Gasteiger partial charge in [0.15, 0.2) is 0 Å². The Balaban J connectivity index is 0.000000195. The molecule has 0 saturated carbocycles. The molecule has 0 radical (unpaired) electrons. The third kappa shape index (κ3) is 15.2. The lowest BCUT2D eigenvalue weighted by molar-refractivity contribution is -0.139. The highest BCUT2D eigenvalue weighted by molar-refractivity contribution is 6.13. The van der Waals surface area contributed by atoms with Gasteiger partial charge in [0.2, 0.25) is 29.4 Å². The summed E-state index contributed by atoms with van der Waals surface area (Å²) in [7, 11) is 2.81. The van der Waals surface area contributed by atoms with Crippen LogP contribution in [0.3, 0.4) is 0 Å². The number of hydrogen-bond donors (Lipinski definition) is 6. The fraction of sp³-hybridized carbons (Fsp3) is 0.478. The van der Waals surface area contributed by atoms with Crippen molar-refractivity contribution >= 4 is 47.0 Å². The van der Waals surface area contributed by atoms with E-state index in [4.69, 9.17) is 35.5 Å². The van der Waals surface area contributed by atoms with E-state index in [1.165, 1.54) is 50.9 Å². The maximum absolute atomic E-state index is 13.7. The first-order valence-electron chi connectivity index (χ1n) is 22.7. The monoisotopic (exact) mass is 962 g/mol. The Bertz CT molecular complexity index is 2380. The van der Waals surface area contributed by atoms with E-state index >= 15 is 0 Å². The van der Waals surface area contributed by atoms with Gasteiger partial charge < -0.3 is 56.4 Å². The summed E-state index contributed by atoms with van der Waals surface area (Å²) in [5.41, 5.74) is 12.3. The van der Waals surface area contributed by atoms with Crippen molar-refractivity contribution in [2.45, 2.75) is 37.8 Å². The minimum atomic E-state index is -0.762. The predicted molar refractivity (Wildman–Crippen MR) is 251 cm³/mol. The number of carbonyl (C=O) groups excluding carboxylic acids is 3. The zero-order valence-electron chi connectivity index (χ0n) is 38.8. The zero-order valence-corrected chi connectivity index (χ0v) is 38.8. The fourth-order valence-corrected chi connectivity index (χ4v) is 7.89. The number of rotatable bonds is 14. The number of nitrogen functional groups attached to an aromatic ring is 2. The van der Waals surface area contributed by atoms with Gasteiger partial charge in [0.05, 0.1) is 76.0 Å². The molecule has 4 aliphatic heterocycles. The number of benzene rings is 2. The molecule has 4 saturated heterocycles. The molecule has 2 aromatic heterocycles. The van der Waals surface area contributed by atoms with Gasteiger partial charge in [-0.1, -0.05) is 0 Å². The molecule has 8 rings (SSSR count). The number of amides is 1. The van der Waals surface area contributed by atoms with Crippen molar-refractivity contribution < 1.29 is 52.0 Å². The van der Waals surface area contributed by atoms with Crippen molar-refractivity contribution in [3.05, 3.63) is 82.7 Å². The number of ketones is 2. The van der Waals surface area contributed by atoms with Gasteiger partial charge in [-0.15, -0.1) is 0 Å². The van der Waals surface area contributed by atoms with E-state index in [0.717, 1.165) is 77.1 Å². The number of nitrogens with two attached hydrogens (primary N) is 2. The van der Waals surface area contributed by atoms with E-state index in [0.29, 0.717) is 58.0 Å². The Kier molecular flexibility index (Phi) is 19.2. The first kappa shape index (κ1) is 51.7. The number of hydrogen-bond acceptors (Lipinski definition) is 19. The average molecular weight is 963 g/mol. The number of nitrogens with zero attached hydrogens (tertiary/aromatic N) is 7. The topological polar surface area (TPSA) is 275 Å². The summed E-state index contributed by atoms with van der Waals surface area (Å²) >= 11 is 0. The number of aromatic nitrogens is 4. The molecule has 0 spiro atoms. The highest BCUT2D eigenvalue weighted by Gasteiger charge is 2.27. The van der Waals surface area contributed by atoms with Gasteiger partial charge in [0.25, 0.3) is 0 Å². The Morgan fingerprint density at radius 2 is 1.12 bits per heavy atom. The van der Waals surface area contributed by atoms with Crippen LogP contribution in [0, 0.1) is 11.6 Å². The van der Waals surface area contributed by atoms with E-state index < -0.39 is 29.2 Å². The van der Waals surface area contributed by atoms with Crippen molar-refractivity contribution in [2.24, 2.45) is 0 Å². The van der Waals surface area contributed by atoms with Crippen molar-refractivity contribution in [3.8, 4) is 11.5 Å². The van der Waals surface area contributed by atoms with Crippen LogP contribution in [-0.2, 0) is 19.1 Å². The van der Waals surface area contributed by atoms with Crippen LogP contribution in [0.1, 0.15) is 57.5 Å². The number of carboxylic acids is 1. The highest BCUT2D eigenvalue weighted by atomic mass is 19.1. The summed E-state index contributed by atoms with van der Waals surface area (Å²) in [6.07, 6.45) is 6.12. The maximum Gasteiger partial charge on any atom is 0.317 e. The molecule has 0 atom stereocenters. The molecule has 4 fully saturated rings. The van der Waals surface area contributed by atoms with Crippen LogP contribution >= 0.6 is 0 Å². The molecule has 4 aromatic rings. The average Bonchev–Trinajstić information content (AvgIpc) is 3.35. The summed E-state index contributed by atoms with van der Waals surface area (Å²) < 4.78 is 47.8. The van der Waals surface area contributed by atoms with Crippen LogP contribution in [0.2, 0.25) is 0 Å². The molecule has 69 heavy (non-hydrogen) atoms. The summed E-state index contributed by atoms with van der Waals surface area (Å²) in [5.74, 6) is -1.50. The third-order valence-corrected chi connectivity index (χ3v) is 11.7. The zero-order chi connectivity index (χ0) is 49.3. The highest BCUT2D eigenvalue weighted by Crippen LogP contribution is 2.27. The van der Waals surface area contributed by atoms with Gasteiger partial charge >= 0.3 is 5.97 Å². The van der Waals surface area contributed by atoms with Gasteiger partial charge in [-0.2, -0.15) is 9.97 Å². The number of carbonyl (C=O) groups is 4. The number of anilines is 4. The van der Waals surface area contributed by atoms with Gasteiger partial charge in [-0.3, -0.25) is 29.0 Å². The molecule has 8 N–H and O–H groups in total. The van der Waals surface area contributed by atoms with Crippen LogP contribution in [-0.4, -0.2) is 181 Å². The normalized spacial score (nSPS) is 17.0. The molecule has 21 nitrogen and oxygen atoms in total. The molecule has 0 aliphatic carbocycles. The number of halogens is 2. The van der Waals surface area contributed by atoms with E-state index in [-0.39, 0.29) is 69.9 Å². The van der Waals surface area contributed by atoms with Crippen LogP contribution in [0.4, 0.5) is 32.3 Å². The molecule has 1 amide bonds. The molecular formula is C46H60F2N12O9. The quantitative estimate of drug-likeness (QED) is 0.0989. The minimum Gasteiger partial charge on any atom is -0.496 e. The fourth-order valence-electron chi connectivity index (χ4n) is 7.89. The van der Waals surface area contributed by atoms with Gasteiger partial charge in [-0.25, -0.2) is 18.7 Å². The Morgan fingerprint density at radius 1 is 0.681 bits per heavy atom. The van der Waals surface area contributed by atoms with Crippen molar-refractivity contribution in [1.82, 2.24) is 40.0 Å². The molecule has 372 valence electrons. The smallest absolute Gasteiger partial charge is 0.317 e. The van der Waals surface area contributed by atoms with Crippen LogP contribution in [0.15, 0.2) is 48.8 Å². The minimum absolute atomic E-state index is 0.00746. The van der Waals surface area contributed by atoms with Crippen LogP contribution in [0.25, 0.3) is 0 Å². The number of likely N-dealkylation sites (tertiary alicyclic amines) is 1. The Labute approximate surface area is 398 Å².